The standard InChI is InChI=1S/C17H27NO/c1-13-9-14(2)11-15(10-13)16(19)7-8-18(6)12-17(3,4)5/h9-11H,7-8,12H2,1-6H3. The summed E-state index contributed by atoms with van der Waals surface area (Å²) in [4.78, 5) is 14.4. The average molecular weight is 261 g/mol. The second-order valence-corrected chi connectivity index (χ2v) is 6.85. The van der Waals surface area contributed by atoms with E-state index in [9.17, 15) is 4.79 Å². The van der Waals surface area contributed by atoms with Crippen LogP contribution in [0.3, 0.4) is 0 Å². The summed E-state index contributed by atoms with van der Waals surface area (Å²) in [5.41, 5.74) is 3.44. The van der Waals surface area contributed by atoms with Gasteiger partial charge in [0.2, 0.25) is 0 Å². The summed E-state index contributed by atoms with van der Waals surface area (Å²) in [6, 6.07) is 6.07. The third kappa shape index (κ3) is 6.02. The lowest BCUT2D eigenvalue weighted by Crippen LogP contribution is -2.31. The first-order chi connectivity index (χ1) is 8.67. The number of benzene rings is 1. The number of carbonyl (C=O) groups is 1. The maximum Gasteiger partial charge on any atom is 0.164 e. The highest BCUT2D eigenvalue weighted by molar-refractivity contribution is 5.96. The first-order valence-corrected chi connectivity index (χ1v) is 6.97. The van der Waals surface area contributed by atoms with Crippen LogP contribution in [-0.4, -0.2) is 30.8 Å². The van der Waals surface area contributed by atoms with E-state index in [1.165, 1.54) is 0 Å². The summed E-state index contributed by atoms with van der Waals surface area (Å²) >= 11 is 0. The van der Waals surface area contributed by atoms with E-state index in [0.717, 1.165) is 29.8 Å². The number of aryl methyl sites for hydroxylation is 2. The van der Waals surface area contributed by atoms with Crippen LogP contribution in [0.2, 0.25) is 0 Å². The third-order valence-corrected chi connectivity index (χ3v) is 3.01. The Morgan fingerprint density at radius 1 is 1.11 bits per heavy atom. The predicted molar refractivity (Wildman–Crippen MR) is 81.8 cm³/mol. The van der Waals surface area contributed by atoms with Crippen LogP contribution < -0.4 is 0 Å². The molecule has 0 heterocycles. The molecule has 1 rings (SSSR count). The predicted octanol–water partition coefficient (Wildman–Crippen LogP) is 3.85. The zero-order chi connectivity index (χ0) is 14.6. The molecule has 0 amide bonds. The lowest BCUT2D eigenvalue weighted by molar-refractivity contribution is 0.0961. The third-order valence-electron chi connectivity index (χ3n) is 3.01. The van der Waals surface area contributed by atoms with E-state index in [4.69, 9.17) is 0 Å². The van der Waals surface area contributed by atoms with E-state index in [1.54, 1.807) is 0 Å². The number of Topliss-reactive ketones (excluding diaryl/α,β-unsaturated/α-hetero) is 1. The highest BCUT2D eigenvalue weighted by atomic mass is 16.1. The van der Waals surface area contributed by atoms with Crippen molar-refractivity contribution in [2.24, 2.45) is 5.41 Å². The van der Waals surface area contributed by atoms with E-state index in [1.807, 2.05) is 26.0 Å². The van der Waals surface area contributed by atoms with E-state index in [-0.39, 0.29) is 11.2 Å². The Balaban J connectivity index is 2.56. The molecule has 0 saturated carbocycles. The second-order valence-electron chi connectivity index (χ2n) is 6.85. The number of rotatable bonds is 5. The summed E-state index contributed by atoms with van der Waals surface area (Å²) in [5.74, 6) is 0.243. The normalized spacial score (nSPS) is 11.9. The molecule has 19 heavy (non-hydrogen) atoms. The molecule has 0 N–H and O–H groups in total. The largest absolute Gasteiger partial charge is 0.305 e. The molecule has 0 fully saturated rings. The number of ketones is 1. The molecule has 0 aliphatic heterocycles. The lowest BCUT2D eigenvalue weighted by Gasteiger charge is -2.26. The Hall–Kier alpha value is -1.15. The molecule has 106 valence electrons. The summed E-state index contributed by atoms with van der Waals surface area (Å²) in [7, 11) is 2.08. The Labute approximate surface area is 117 Å². The summed E-state index contributed by atoms with van der Waals surface area (Å²) in [5, 5.41) is 0. The molecule has 0 aliphatic rings. The fraction of sp³-hybridized carbons (Fsp3) is 0.588. The number of hydrogen-bond acceptors (Lipinski definition) is 2. The minimum Gasteiger partial charge on any atom is -0.305 e. The van der Waals surface area contributed by atoms with Crippen LogP contribution in [0, 0.1) is 19.3 Å². The van der Waals surface area contributed by atoms with Crippen molar-refractivity contribution in [3.05, 3.63) is 34.9 Å². The molecule has 0 radical (unpaired) electrons. The van der Waals surface area contributed by atoms with Gasteiger partial charge in [0.15, 0.2) is 5.78 Å². The summed E-state index contributed by atoms with van der Waals surface area (Å²) in [6.45, 7) is 12.6. The molecular formula is C17H27NO. The van der Waals surface area contributed by atoms with E-state index in [0.29, 0.717) is 6.42 Å². The van der Waals surface area contributed by atoms with E-state index in [2.05, 4.69) is 38.8 Å². The number of hydrogen-bond donors (Lipinski definition) is 0. The van der Waals surface area contributed by atoms with Gasteiger partial charge in [0.1, 0.15) is 0 Å². The molecule has 1 aromatic carbocycles. The Bertz CT molecular complexity index is 423. The summed E-state index contributed by atoms with van der Waals surface area (Å²) < 4.78 is 0. The van der Waals surface area contributed by atoms with Gasteiger partial charge in [-0.1, -0.05) is 38.0 Å². The lowest BCUT2D eigenvalue weighted by atomic mass is 9.96. The molecule has 0 unspecified atom stereocenters. The van der Waals surface area contributed by atoms with Crippen molar-refractivity contribution in [1.82, 2.24) is 4.90 Å². The average Bonchev–Trinajstić information content (AvgIpc) is 2.22. The smallest absolute Gasteiger partial charge is 0.164 e. The zero-order valence-electron chi connectivity index (χ0n) is 13.2. The number of carbonyl (C=O) groups excluding carboxylic acids is 1. The molecule has 2 nitrogen and oxygen atoms in total. The van der Waals surface area contributed by atoms with Crippen LogP contribution in [0.4, 0.5) is 0 Å². The van der Waals surface area contributed by atoms with Gasteiger partial charge in [-0.2, -0.15) is 0 Å². The Kier molecular flexibility index (Phi) is 5.30. The monoisotopic (exact) mass is 261 g/mol. The first-order valence-electron chi connectivity index (χ1n) is 6.97. The van der Waals surface area contributed by atoms with Crippen LogP contribution in [0.1, 0.15) is 48.7 Å². The molecular weight excluding hydrogens is 234 g/mol. The van der Waals surface area contributed by atoms with Gasteiger partial charge in [-0.25, -0.2) is 0 Å². The van der Waals surface area contributed by atoms with Crippen molar-refractivity contribution in [2.45, 2.75) is 41.0 Å². The number of nitrogens with zero attached hydrogens (tertiary/aromatic N) is 1. The zero-order valence-corrected chi connectivity index (χ0v) is 13.2. The Morgan fingerprint density at radius 2 is 1.63 bits per heavy atom. The fourth-order valence-corrected chi connectivity index (χ4v) is 2.46. The molecule has 0 saturated heterocycles. The second kappa shape index (κ2) is 6.33. The fourth-order valence-electron chi connectivity index (χ4n) is 2.46. The topological polar surface area (TPSA) is 20.3 Å². The van der Waals surface area contributed by atoms with Crippen LogP contribution in [0.15, 0.2) is 18.2 Å². The molecule has 0 spiro atoms. The van der Waals surface area contributed by atoms with Gasteiger partial charge >= 0.3 is 0 Å². The molecule has 0 aliphatic carbocycles. The molecule has 2 heteroatoms. The van der Waals surface area contributed by atoms with Crippen LogP contribution in [0.25, 0.3) is 0 Å². The highest BCUT2D eigenvalue weighted by Gasteiger charge is 2.14. The highest BCUT2D eigenvalue weighted by Crippen LogP contribution is 2.15. The molecule has 1 aromatic rings. The van der Waals surface area contributed by atoms with E-state index >= 15 is 0 Å². The maximum atomic E-state index is 12.2. The summed E-state index contributed by atoms with van der Waals surface area (Å²) in [6.07, 6.45) is 0.593. The van der Waals surface area contributed by atoms with Gasteiger partial charge in [0, 0.05) is 25.1 Å². The van der Waals surface area contributed by atoms with Crippen LogP contribution >= 0.6 is 0 Å². The van der Waals surface area contributed by atoms with Gasteiger partial charge in [-0.05, 0) is 38.4 Å². The van der Waals surface area contributed by atoms with E-state index < -0.39 is 0 Å². The molecule has 0 atom stereocenters. The van der Waals surface area contributed by atoms with Crippen molar-refractivity contribution in [3.63, 3.8) is 0 Å². The minimum absolute atomic E-state index is 0.243. The quantitative estimate of drug-likeness (QED) is 0.750. The molecule has 0 aromatic heterocycles. The van der Waals surface area contributed by atoms with Crippen molar-refractivity contribution in [2.75, 3.05) is 20.1 Å². The first kappa shape index (κ1) is 15.9. The maximum absolute atomic E-state index is 12.2. The van der Waals surface area contributed by atoms with Crippen molar-refractivity contribution in [3.8, 4) is 0 Å². The van der Waals surface area contributed by atoms with Crippen molar-refractivity contribution < 1.29 is 4.79 Å². The Morgan fingerprint density at radius 3 is 2.11 bits per heavy atom. The van der Waals surface area contributed by atoms with Crippen molar-refractivity contribution in [1.29, 1.82) is 0 Å². The van der Waals surface area contributed by atoms with Gasteiger partial charge in [0.25, 0.3) is 0 Å². The van der Waals surface area contributed by atoms with Gasteiger partial charge in [-0.3, -0.25) is 4.79 Å². The van der Waals surface area contributed by atoms with Gasteiger partial charge in [0.05, 0.1) is 0 Å². The van der Waals surface area contributed by atoms with Crippen LogP contribution in [0.5, 0.6) is 0 Å². The SMILES string of the molecule is Cc1cc(C)cc(C(=O)CCN(C)CC(C)(C)C)c1. The van der Waals surface area contributed by atoms with Crippen molar-refractivity contribution >= 4 is 5.78 Å². The van der Waals surface area contributed by atoms with Crippen LogP contribution in [-0.2, 0) is 0 Å². The molecule has 0 bridgehead atoms. The van der Waals surface area contributed by atoms with Gasteiger partial charge < -0.3 is 4.90 Å². The van der Waals surface area contributed by atoms with Gasteiger partial charge in [-0.15, -0.1) is 0 Å². The minimum atomic E-state index is 0.243.